The predicted octanol–water partition coefficient (Wildman–Crippen LogP) is 2.79. The molecule has 1 unspecified atom stereocenters. The van der Waals surface area contributed by atoms with E-state index < -0.39 is 18.0 Å². The Balaban J connectivity index is 3.59. The first-order chi connectivity index (χ1) is 3.98. The first kappa shape index (κ1) is 9.37. The largest absolute Gasteiger partial charge is 0.352 e. The van der Waals surface area contributed by atoms with Crippen LogP contribution < -0.4 is 0 Å². The zero-order valence-corrected chi connectivity index (χ0v) is 5.89. The molecule has 0 aromatic carbocycles. The third-order valence-electron chi connectivity index (χ3n) is 0.718. The van der Waals surface area contributed by atoms with Gasteiger partial charge in [-0.3, -0.25) is 0 Å². The standard InChI is InChI=1S/C4H5Cl2F3/c5-2-1-3(7)4(6,8)9/h3H,1-2H2. The van der Waals surface area contributed by atoms with E-state index in [1.807, 2.05) is 0 Å². The fraction of sp³-hybridized carbons (Fsp3) is 1.00. The third kappa shape index (κ3) is 3.87. The highest BCUT2D eigenvalue weighted by atomic mass is 35.5. The van der Waals surface area contributed by atoms with E-state index in [1.54, 1.807) is 0 Å². The Morgan fingerprint density at radius 2 is 1.89 bits per heavy atom. The minimum Gasteiger partial charge on any atom is -0.239 e. The summed E-state index contributed by atoms with van der Waals surface area (Å²) in [5.41, 5.74) is 0. The van der Waals surface area contributed by atoms with Gasteiger partial charge in [0.25, 0.3) is 0 Å². The summed E-state index contributed by atoms with van der Waals surface area (Å²) in [5, 5.41) is -3.77. The maximum absolute atomic E-state index is 11.9. The molecule has 0 bridgehead atoms. The van der Waals surface area contributed by atoms with Crippen molar-refractivity contribution in [2.75, 3.05) is 5.88 Å². The van der Waals surface area contributed by atoms with Gasteiger partial charge in [-0.2, -0.15) is 8.78 Å². The topological polar surface area (TPSA) is 0 Å². The second-order valence-electron chi connectivity index (χ2n) is 1.49. The molecule has 0 nitrogen and oxygen atoms in total. The van der Waals surface area contributed by atoms with Gasteiger partial charge >= 0.3 is 5.38 Å². The minimum atomic E-state index is -3.77. The molecule has 5 heteroatoms. The van der Waals surface area contributed by atoms with Crippen molar-refractivity contribution in [3.8, 4) is 0 Å². The van der Waals surface area contributed by atoms with Gasteiger partial charge in [0, 0.05) is 5.88 Å². The Morgan fingerprint density at radius 1 is 1.44 bits per heavy atom. The van der Waals surface area contributed by atoms with Crippen molar-refractivity contribution in [3.05, 3.63) is 0 Å². The number of hydrogen-bond acceptors (Lipinski definition) is 0. The monoisotopic (exact) mass is 180 g/mol. The molecule has 0 spiro atoms. The fourth-order valence-corrected chi connectivity index (χ4v) is 0.560. The number of hydrogen-bond donors (Lipinski definition) is 0. The van der Waals surface area contributed by atoms with E-state index in [1.165, 1.54) is 0 Å². The van der Waals surface area contributed by atoms with E-state index in [0.717, 1.165) is 0 Å². The summed E-state index contributed by atoms with van der Waals surface area (Å²) in [6.07, 6.45) is -2.76. The second-order valence-corrected chi connectivity index (χ2v) is 2.37. The molecule has 56 valence electrons. The van der Waals surface area contributed by atoms with Gasteiger partial charge in [-0.05, 0) is 18.0 Å². The summed E-state index contributed by atoms with van der Waals surface area (Å²) in [4.78, 5) is 0. The van der Waals surface area contributed by atoms with Gasteiger partial charge in [0.05, 0.1) is 0 Å². The average Bonchev–Trinajstić information content (AvgIpc) is 1.64. The minimum absolute atomic E-state index is 0.149. The van der Waals surface area contributed by atoms with E-state index >= 15 is 0 Å². The van der Waals surface area contributed by atoms with Crippen LogP contribution in [0, 0.1) is 0 Å². The molecule has 0 aliphatic carbocycles. The average molecular weight is 181 g/mol. The smallest absolute Gasteiger partial charge is 0.239 e. The zero-order valence-electron chi connectivity index (χ0n) is 4.38. The SMILES string of the molecule is FC(CCCl)C(F)(F)Cl. The molecule has 0 amide bonds. The molecule has 0 saturated heterocycles. The summed E-state index contributed by atoms with van der Waals surface area (Å²) in [6.45, 7) is 0. The first-order valence-electron chi connectivity index (χ1n) is 2.25. The van der Waals surface area contributed by atoms with E-state index in [4.69, 9.17) is 11.6 Å². The van der Waals surface area contributed by atoms with Gasteiger partial charge in [-0.1, -0.05) is 0 Å². The Labute approximate surface area is 60.9 Å². The van der Waals surface area contributed by atoms with Crippen molar-refractivity contribution in [2.45, 2.75) is 18.0 Å². The van der Waals surface area contributed by atoms with Crippen LogP contribution in [0.25, 0.3) is 0 Å². The van der Waals surface area contributed by atoms with E-state index in [2.05, 4.69) is 11.6 Å². The van der Waals surface area contributed by atoms with Gasteiger partial charge in [-0.15, -0.1) is 11.6 Å². The summed E-state index contributed by atoms with van der Waals surface area (Å²) in [7, 11) is 0. The molecule has 0 radical (unpaired) electrons. The predicted molar refractivity (Wildman–Crippen MR) is 31.0 cm³/mol. The lowest BCUT2D eigenvalue weighted by molar-refractivity contribution is 0.00564. The quantitative estimate of drug-likeness (QED) is 0.587. The normalized spacial score (nSPS) is 15.7. The molecule has 0 heterocycles. The molecule has 0 aliphatic rings. The highest BCUT2D eigenvalue weighted by Crippen LogP contribution is 2.28. The van der Waals surface area contributed by atoms with Gasteiger partial charge < -0.3 is 0 Å². The van der Waals surface area contributed by atoms with Crippen molar-refractivity contribution in [1.82, 2.24) is 0 Å². The van der Waals surface area contributed by atoms with Gasteiger partial charge in [0.15, 0.2) is 6.17 Å². The molecule has 0 N–H and O–H groups in total. The lowest BCUT2D eigenvalue weighted by atomic mass is 10.3. The second kappa shape index (κ2) is 3.52. The van der Waals surface area contributed by atoms with Crippen LogP contribution in [0.3, 0.4) is 0 Å². The van der Waals surface area contributed by atoms with E-state index in [0.29, 0.717) is 0 Å². The Kier molecular flexibility index (Phi) is 3.66. The molecule has 0 aromatic rings. The number of rotatable bonds is 3. The Morgan fingerprint density at radius 3 is 2.00 bits per heavy atom. The van der Waals surface area contributed by atoms with Crippen LogP contribution in [0.5, 0.6) is 0 Å². The molecule has 0 aromatic heterocycles. The number of alkyl halides is 5. The molecule has 0 rings (SSSR count). The van der Waals surface area contributed by atoms with Crippen LogP contribution in [0.15, 0.2) is 0 Å². The lowest BCUT2D eigenvalue weighted by Crippen LogP contribution is -2.23. The van der Waals surface area contributed by atoms with Crippen LogP contribution in [0.2, 0.25) is 0 Å². The fourth-order valence-electron chi connectivity index (χ4n) is 0.259. The van der Waals surface area contributed by atoms with E-state index in [-0.39, 0.29) is 5.88 Å². The molecule has 0 fully saturated rings. The maximum Gasteiger partial charge on any atom is 0.352 e. The van der Waals surface area contributed by atoms with Gasteiger partial charge in [0.2, 0.25) is 0 Å². The van der Waals surface area contributed by atoms with Crippen molar-refractivity contribution in [3.63, 3.8) is 0 Å². The van der Waals surface area contributed by atoms with E-state index in [9.17, 15) is 13.2 Å². The maximum atomic E-state index is 11.9. The van der Waals surface area contributed by atoms with Crippen molar-refractivity contribution in [2.24, 2.45) is 0 Å². The summed E-state index contributed by atoms with van der Waals surface area (Å²) in [6, 6.07) is 0. The zero-order chi connectivity index (χ0) is 7.49. The summed E-state index contributed by atoms with van der Waals surface area (Å²) in [5.74, 6) is -0.149. The lowest BCUT2D eigenvalue weighted by Gasteiger charge is -2.10. The first-order valence-corrected chi connectivity index (χ1v) is 3.16. The van der Waals surface area contributed by atoms with Crippen LogP contribution in [-0.2, 0) is 0 Å². The van der Waals surface area contributed by atoms with Gasteiger partial charge in [-0.25, -0.2) is 4.39 Å². The van der Waals surface area contributed by atoms with Crippen molar-refractivity contribution >= 4 is 23.2 Å². The molecular formula is C4H5Cl2F3. The molecule has 1 atom stereocenters. The van der Waals surface area contributed by atoms with Crippen molar-refractivity contribution < 1.29 is 13.2 Å². The van der Waals surface area contributed by atoms with Crippen LogP contribution in [0.1, 0.15) is 6.42 Å². The molecule has 0 saturated carbocycles. The Hall–Kier alpha value is 0.370. The van der Waals surface area contributed by atoms with Crippen LogP contribution in [-0.4, -0.2) is 17.4 Å². The van der Waals surface area contributed by atoms with Crippen molar-refractivity contribution in [1.29, 1.82) is 0 Å². The molecule has 0 aliphatic heterocycles. The van der Waals surface area contributed by atoms with Crippen LogP contribution >= 0.6 is 23.2 Å². The van der Waals surface area contributed by atoms with Crippen LogP contribution in [0.4, 0.5) is 13.2 Å². The highest BCUT2D eigenvalue weighted by Gasteiger charge is 2.36. The van der Waals surface area contributed by atoms with Gasteiger partial charge in [0.1, 0.15) is 0 Å². The Bertz CT molecular complexity index is 80.4. The summed E-state index contributed by atoms with van der Waals surface area (Å²) >= 11 is 9.27. The highest BCUT2D eigenvalue weighted by molar-refractivity contribution is 6.22. The molecular weight excluding hydrogens is 176 g/mol. The third-order valence-corrected chi connectivity index (χ3v) is 1.17. The number of halogens is 5. The molecule has 9 heavy (non-hydrogen) atoms. The summed E-state index contributed by atoms with van der Waals surface area (Å²) < 4.78 is 35.2.